The Labute approximate surface area is 109 Å². The molecule has 5 heteroatoms. The van der Waals surface area contributed by atoms with Crippen LogP contribution in [0.2, 0.25) is 0 Å². The van der Waals surface area contributed by atoms with Crippen LogP contribution in [0.1, 0.15) is 33.6 Å². The first-order valence-electron chi connectivity index (χ1n) is 6.16. The molecule has 17 heavy (non-hydrogen) atoms. The zero-order valence-corrected chi connectivity index (χ0v) is 12.2. The molecule has 0 bridgehead atoms. The first-order chi connectivity index (χ1) is 7.95. The second-order valence-corrected chi connectivity index (χ2v) is 5.48. The second-order valence-electron chi connectivity index (χ2n) is 4.61. The van der Waals surface area contributed by atoms with Gasteiger partial charge in [0.1, 0.15) is 0 Å². The Kier molecular flexibility index (Phi) is 8.64. The van der Waals surface area contributed by atoms with E-state index >= 15 is 0 Å². The Balaban J connectivity index is 3.77. The standard InChI is InChI=1S/C12H26N2O2S/c1-5-10(6-2)14-11(15)7-13-8-12(3,16)9-17-4/h10,13,16H,5-9H2,1-4H3,(H,14,15). The van der Waals surface area contributed by atoms with Gasteiger partial charge >= 0.3 is 0 Å². The van der Waals surface area contributed by atoms with E-state index in [9.17, 15) is 9.90 Å². The van der Waals surface area contributed by atoms with E-state index in [1.807, 2.05) is 6.26 Å². The van der Waals surface area contributed by atoms with Crippen molar-refractivity contribution >= 4 is 17.7 Å². The maximum absolute atomic E-state index is 11.6. The molecular weight excluding hydrogens is 236 g/mol. The zero-order valence-electron chi connectivity index (χ0n) is 11.4. The first kappa shape index (κ1) is 16.7. The van der Waals surface area contributed by atoms with Crippen LogP contribution in [-0.2, 0) is 4.79 Å². The van der Waals surface area contributed by atoms with Crippen molar-refractivity contribution in [2.45, 2.75) is 45.3 Å². The van der Waals surface area contributed by atoms with Crippen LogP contribution in [0.25, 0.3) is 0 Å². The van der Waals surface area contributed by atoms with Gasteiger partial charge in [0.15, 0.2) is 0 Å². The largest absolute Gasteiger partial charge is 0.388 e. The number of carbonyl (C=O) groups is 1. The molecule has 0 aliphatic heterocycles. The second kappa shape index (κ2) is 8.78. The van der Waals surface area contributed by atoms with Crippen molar-refractivity contribution in [3.05, 3.63) is 0 Å². The molecule has 0 aromatic carbocycles. The smallest absolute Gasteiger partial charge is 0.234 e. The van der Waals surface area contributed by atoms with Crippen LogP contribution >= 0.6 is 11.8 Å². The SMILES string of the molecule is CCC(CC)NC(=O)CNCC(C)(O)CSC. The molecule has 0 fully saturated rings. The molecule has 0 aromatic rings. The van der Waals surface area contributed by atoms with Gasteiger partial charge in [-0.3, -0.25) is 4.79 Å². The predicted molar refractivity (Wildman–Crippen MR) is 74.4 cm³/mol. The Morgan fingerprint density at radius 2 is 2.00 bits per heavy atom. The Hall–Kier alpha value is -0.260. The summed E-state index contributed by atoms with van der Waals surface area (Å²) in [5, 5.41) is 15.8. The Morgan fingerprint density at radius 3 is 2.47 bits per heavy atom. The maximum Gasteiger partial charge on any atom is 0.234 e. The molecule has 1 amide bonds. The highest BCUT2D eigenvalue weighted by atomic mass is 32.2. The third kappa shape index (κ3) is 8.46. The Bertz CT molecular complexity index is 219. The minimum absolute atomic E-state index is 0.00125. The lowest BCUT2D eigenvalue weighted by molar-refractivity contribution is -0.121. The molecule has 0 aliphatic rings. The quantitative estimate of drug-likeness (QED) is 0.580. The van der Waals surface area contributed by atoms with Gasteiger partial charge in [-0.1, -0.05) is 13.8 Å². The minimum atomic E-state index is -0.755. The lowest BCUT2D eigenvalue weighted by Crippen LogP contribution is -2.45. The highest BCUT2D eigenvalue weighted by molar-refractivity contribution is 7.98. The molecule has 4 nitrogen and oxygen atoms in total. The molecule has 0 spiro atoms. The number of hydrogen-bond acceptors (Lipinski definition) is 4. The summed E-state index contributed by atoms with van der Waals surface area (Å²) in [4.78, 5) is 11.6. The molecular formula is C12H26N2O2S. The number of rotatable bonds is 9. The normalized spacial score (nSPS) is 14.7. The first-order valence-corrected chi connectivity index (χ1v) is 7.56. The molecule has 0 radical (unpaired) electrons. The molecule has 0 saturated heterocycles. The van der Waals surface area contributed by atoms with Gasteiger partial charge in [-0.05, 0) is 26.0 Å². The van der Waals surface area contributed by atoms with Crippen molar-refractivity contribution in [2.75, 3.05) is 25.1 Å². The minimum Gasteiger partial charge on any atom is -0.388 e. The van der Waals surface area contributed by atoms with E-state index in [1.54, 1.807) is 18.7 Å². The molecule has 3 N–H and O–H groups in total. The van der Waals surface area contributed by atoms with Crippen LogP contribution in [0.15, 0.2) is 0 Å². The van der Waals surface area contributed by atoms with Crippen molar-refractivity contribution in [2.24, 2.45) is 0 Å². The van der Waals surface area contributed by atoms with Crippen molar-refractivity contribution in [1.82, 2.24) is 10.6 Å². The summed E-state index contributed by atoms with van der Waals surface area (Å²) in [5.74, 6) is 0.660. The van der Waals surface area contributed by atoms with E-state index in [-0.39, 0.29) is 18.5 Å². The summed E-state index contributed by atoms with van der Waals surface area (Å²) in [5.41, 5.74) is -0.755. The summed E-state index contributed by atoms with van der Waals surface area (Å²) in [6.07, 6.45) is 3.85. The lowest BCUT2D eigenvalue weighted by Gasteiger charge is -2.22. The third-order valence-electron chi connectivity index (χ3n) is 2.60. The van der Waals surface area contributed by atoms with Crippen molar-refractivity contribution < 1.29 is 9.90 Å². The molecule has 0 heterocycles. The summed E-state index contributed by atoms with van der Waals surface area (Å²) in [6, 6.07) is 0.260. The summed E-state index contributed by atoms with van der Waals surface area (Å²) in [7, 11) is 0. The summed E-state index contributed by atoms with van der Waals surface area (Å²) in [6.45, 7) is 6.59. The number of carbonyl (C=O) groups excluding carboxylic acids is 1. The average molecular weight is 262 g/mol. The fourth-order valence-corrected chi connectivity index (χ4v) is 2.30. The van der Waals surface area contributed by atoms with Crippen molar-refractivity contribution in [3.8, 4) is 0 Å². The topological polar surface area (TPSA) is 61.4 Å². The van der Waals surface area contributed by atoms with E-state index in [4.69, 9.17) is 0 Å². The van der Waals surface area contributed by atoms with Crippen LogP contribution in [0.5, 0.6) is 0 Å². The molecule has 1 atom stereocenters. The van der Waals surface area contributed by atoms with E-state index in [1.165, 1.54) is 0 Å². The fourth-order valence-electron chi connectivity index (χ4n) is 1.58. The monoisotopic (exact) mass is 262 g/mol. The molecule has 1 unspecified atom stereocenters. The van der Waals surface area contributed by atoms with Crippen molar-refractivity contribution in [3.63, 3.8) is 0 Å². The number of thioether (sulfide) groups is 1. The summed E-state index contributed by atoms with van der Waals surface area (Å²) < 4.78 is 0. The van der Waals surface area contributed by atoms with Crippen LogP contribution in [-0.4, -0.2) is 47.8 Å². The van der Waals surface area contributed by atoms with Gasteiger partial charge < -0.3 is 15.7 Å². The van der Waals surface area contributed by atoms with Gasteiger partial charge in [0.25, 0.3) is 0 Å². The van der Waals surface area contributed by atoms with Gasteiger partial charge in [0.05, 0.1) is 12.1 Å². The summed E-state index contributed by atoms with van der Waals surface area (Å²) >= 11 is 1.59. The third-order valence-corrected chi connectivity index (χ3v) is 3.51. The lowest BCUT2D eigenvalue weighted by atomic mass is 10.1. The number of aliphatic hydroxyl groups is 1. The highest BCUT2D eigenvalue weighted by Gasteiger charge is 2.19. The highest BCUT2D eigenvalue weighted by Crippen LogP contribution is 2.08. The van der Waals surface area contributed by atoms with E-state index in [0.717, 1.165) is 12.8 Å². The van der Waals surface area contributed by atoms with E-state index < -0.39 is 5.60 Å². The van der Waals surface area contributed by atoms with Crippen LogP contribution in [0, 0.1) is 0 Å². The zero-order chi connectivity index (χ0) is 13.3. The van der Waals surface area contributed by atoms with Crippen LogP contribution < -0.4 is 10.6 Å². The number of hydrogen-bond donors (Lipinski definition) is 3. The van der Waals surface area contributed by atoms with Gasteiger partial charge in [-0.25, -0.2) is 0 Å². The Morgan fingerprint density at radius 1 is 1.41 bits per heavy atom. The van der Waals surface area contributed by atoms with E-state index in [2.05, 4.69) is 24.5 Å². The molecule has 0 rings (SSSR count). The van der Waals surface area contributed by atoms with Gasteiger partial charge in [-0.15, -0.1) is 0 Å². The van der Waals surface area contributed by atoms with Crippen LogP contribution in [0.4, 0.5) is 0 Å². The number of nitrogens with one attached hydrogen (secondary N) is 2. The predicted octanol–water partition coefficient (Wildman–Crippen LogP) is 0.995. The van der Waals surface area contributed by atoms with Crippen LogP contribution in [0.3, 0.4) is 0 Å². The molecule has 102 valence electrons. The van der Waals surface area contributed by atoms with E-state index in [0.29, 0.717) is 12.3 Å². The van der Waals surface area contributed by atoms with Gasteiger partial charge in [0.2, 0.25) is 5.91 Å². The average Bonchev–Trinajstić information content (AvgIpc) is 2.25. The molecule has 0 aliphatic carbocycles. The van der Waals surface area contributed by atoms with Gasteiger partial charge in [-0.2, -0.15) is 11.8 Å². The maximum atomic E-state index is 11.6. The molecule has 0 aromatic heterocycles. The fraction of sp³-hybridized carbons (Fsp3) is 0.917. The molecule has 0 saturated carbocycles. The van der Waals surface area contributed by atoms with Gasteiger partial charge in [0, 0.05) is 18.3 Å². The van der Waals surface area contributed by atoms with Crippen molar-refractivity contribution in [1.29, 1.82) is 0 Å². The number of amides is 1.